The molecule has 0 spiro atoms. The van der Waals surface area contributed by atoms with Gasteiger partial charge in [-0.3, -0.25) is 0 Å². The van der Waals surface area contributed by atoms with E-state index < -0.39 is 17.9 Å². The molecule has 0 fully saturated rings. The Bertz CT molecular complexity index is 377. The second-order valence-electron chi connectivity index (χ2n) is 3.32. The van der Waals surface area contributed by atoms with E-state index in [1.54, 1.807) is 6.07 Å². The Morgan fingerprint density at radius 2 is 1.75 bits per heavy atom. The summed E-state index contributed by atoms with van der Waals surface area (Å²) in [5, 5.41) is 0. The van der Waals surface area contributed by atoms with Crippen LogP contribution in [0.2, 0.25) is 0 Å². The lowest BCUT2D eigenvalue weighted by Crippen LogP contribution is -2.44. The fraction of sp³-hybridized carbons (Fsp3) is 0.300. The quantitative estimate of drug-likeness (QED) is 0.853. The van der Waals surface area contributed by atoms with Crippen molar-refractivity contribution in [1.29, 1.82) is 0 Å². The Hall–Kier alpha value is -1.72. The molecule has 0 radical (unpaired) electrons. The Labute approximate surface area is 90.0 Å². The molecule has 88 valence electrons. The van der Waals surface area contributed by atoms with Crippen molar-refractivity contribution in [3.05, 3.63) is 35.9 Å². The van der Waals surface area contributed by atoms with Crippen LogP contribution in [-0.2, 0) is 10.3 Å². The highest BCUT2D eigenvalue weighted by Gasteiger charge is 2.55. The maximum atomic E-state index is 12.8. The van der Waals surface area contributed by atoms with Gasteiger partial charge in [0, 0.05) is 5.56 Å². The van der Waals surface area contributed by atoms with Crippen LogP contribution in [0.5, 0.6) is 0 Å². The lowest BCUT2D eigenvalue weighted by molar-refractivity contribution is -0.256. The first kappa shape index (κ1) is 12.4. The standard InChI is InChI=1S/C10H10F3NO2/c1-9(10(11,12)13,16-8(14)15)7-5-3-2-4-6-7/h2-6H,1H3,(H2,14,15). The maximum absolute atomic E-state index is 12.8. The van der Waals surface area contributed by atoms with Crippen LogP contribution in [0.3, 0.4) is 0 Å². The smallest absolute Gasteiger partial charge is 0.429 e. The summed E-state index contributed by atoms with van der Waals surface area (Å²) in [5.74, 6) is 0. The fourth-order valence-electron chi connectivity index (χ4n) is 1.24. The second kappa shape index (κ2) is 4.03. The summed E-state index contributed by atoms with van der Waals surface area (Å²) in [5.41, 5.74) is 1.75. The summed E-state index contributed by atoms with van der Waals surface area (Å²) in [6.07, 6.45) is -6.20. The van der Waals surface area contributed by atoms with Crippen molar-refractivity contribution in [1.82, 2.24) is 0 Å². The van der Waals surface area contributed by atoms with Crippen molar-refractivity contribution < 1.29 is 22.7 Å². The number of nitrogens with two attached hydrogens (primary N) is 1. The van der Waals surface area contributed by atoms with Crippen molar-refractivity contribution in [2.24, 2.45) is 5.73 Å². The van der Waals surface area contributed by atoms with Gasteiger partial charge in [0.05, 0.1) is 0 Å². The number of ether oxygens (including phenoxy) is 1. The van der Waals surface area contributed by atoms with Gasteiger partial charge in [0.15, 0.2) is 0 Å². The molecule has 1 rings (SSSR count). The second-order valence-corrected chi connectivity index (χ2v) is 3.32. The molecule has 1 aromatic rings. The SMILES string of the molecule is CC(OC(N)=O)(c1ccccc1)C(F)(F)F. The van der Waals surface area contributed by atoms with Crippen LogP contribution >= 0.6 is 0 Å². The molecule has 0 aliphatic rings. The molecule has 0 heterocycles. The molecule has 3 nitrogen and oxygen atoms in total. The third kappa shape index (κ3) is 2.26. The normalized spacial score (nSPS) is 15.2. The summed E-state index contributed by atoms with van der Waals surface area (Å²) in [4.78, 5) is 10.5. The van der Waals surface area contributed by atoms with Crippen molar-refractivity contribution in [3.63, 3.8) is 0 Å². The Balaban J connectivity index is 3.21. The lowest BCUT2D eigenvalue weighted by atomic mass is 9.95. The molecular formula is C10H10F3NO2. The zero-order chi connectivity index (χ0) is 12.4. The minimum absolute atomic E-state index is 0.179. The van der Waals surface area contributed by atoms with Crippen LogP contribution in [-0.4, -0.2) is 12.3 Å². The van der Waals surface area contributed by atoms with E-state index in [-0.39, 0.29) is 5.56 Å². The van der Waals surface area contributed by atoms with Crippen LogP contribution in [0.15, 0.2) is 30.3 Å². The first-order valence-electron chi connectivity index (χ1n) is 4.38. The van der Waals surface area contributed by atoms with Gasteiger partial charge in [-0.1, -0.05) is 30.3 Å². The molecule has 1 amide bonds. The summed E-state index contributed by atoms with van der Waals surface area (Å²) >= 11 is 0. The van der Waals surface area contributed by atoms with Crippen LogP contribution in [0, 0.1) is 0 Å². The molecule has 1 unspecified atom stereocenters. The largest absolute Gasteiger partial charge is 0.432 e. The predicted octanol–water partition coefficient (Wildman–Crippen LogP) is 2.56. The first-order valence-corrected chi connectivity index (χ1v) is 4.38. The van der Waals surface area contributed by atoms with Gasteiger partial charge in [0.1, 0.15) is 0 Å². The van der Waals surface area contributed by atoms with Crippen molar-refractivity contribution in [2.75, 3.05) is 0 Å². The third-order valence-electron chi connectivity index (χ3n) is 2.17. The minimum atomic E-state index is -4.73. The summed E-state index contributed by atoms with van der Waals surface area (Å²) in [6, 6.07) is 6.84. The van der Waals surface area contributed by atoms with E-state index in [2.05, 4.69) is 10.5 Å². The number of hydrogen-bond acceptors (Lipinski definition) is 2. The van der Waals surface area contributed by atoms with Crippen LogP contribution in [0.4, 0.5) is 18.0 Å². The van der Waals surface area contributed by atoms with Crippen molar-refractivity contribution in [3.8, 4) is 0 Å². The van der Waals surface area contributed by atoms with Crippen LogP contribution in [0.25, 0.3) is 0 Å². The van der Waals surface area contributed by atoms with Gasteiger partial charge in [-0.2, -0.15) is 13.2 Å². The molecule has 0 bridgehead atoms. The van der Waals surface area contributed by atoms with E-state index in [0.717, 1.165) is 6.92 Å². The Morgan fingerprint density at radius 3 is 2.12 bits per heavy atom. The Kier molecular flexibility index (Phi) is 3.11. The fourth-order valence-corrected chi connectivity index (χ4v) is 1.24. The van der Waals surface area contributed by atoms with Crippen molar-refractivity contribution in [2.45, 2.75) is 18.7 Å². The molecular weight excluding hydrogens is 223 g/mol. The summed E-state index contributed by atoms with van der Waals surface area (Å²) < 4.78 is 42.7. The molecule has 1 aromatic carbocycles. The van der Waals surface area contributed by atoms with Crippen LogP contribution in [0.1, 0.15) is 12.5 Å². The van der Waals surface area contributed by atoms with Gasteiger partial charge in [0.2, 0.25) is 5.60 Å². The molecule has 16 heavy (non-hydrogen) atoms. The number of benzene rings is 1. The van der Waals surface area contributed by atoms with E-state index in [0.29, 0.717) is 0 Å². The number of carbonyl (C=O) groups is 1. The number of amides is 1. The zero-order valence-corrected chi connectivity index (χ0v) is 8.41. The van der Waals surface area contributed by atoms with Gasteiger partial charge in [-0.05, 0) is 6.92 Å². The van der Waals surface area contributed by atoms with E-state index in [4.69, 9.17) is 0 Å². The van der Waals surface area contributed by atoms with E-state index in [9.17, 15) is 18.0 Å². The van der Waals surface area contributed by atoms with Gasteiger partial charge < -0.3 is 10.5 Å². The van der Waals surface area contributed by atoms with E-state index in [1.165, 1.54) is 24.3 Å². The number of rotatable bonds is 2. The summed E-state index contributed by atoms with van der Waals surface area (Å²) in [6.45, 7) is 0.757. The highest BCUT2D eigenvalue weighted by Crippen LogP contribution is 2.41. The molecule has 1 atom stereocenters. The average molecular weight is 233 g/mol. The monoisotopic (exact) mass is 233 g/mol. The average Bonchev–Trinajstić information content (AvgIpc) is 2.16. The highest BCUT2D eigenvalue weighted by molar-refractivity contribution is 5.65. The summed E-state index contributed by atoms with van der Waals surface area (Å²) in [7, 11) is 0. The molecule has 0 saturated carbocycles. The minimum Gasteiger partial charge on any atom is -0.429 e. The molecule has 0 aromatic heterocycles. The third-order valence-corrected chi connectivity index (χ3v) is 2.17. The predicted molar refractivity (Wildman–Crippen MR) is 50.5 cm³/mol. The number of carbonyl (C=O) groups excluding carboxylic acids is 1. The lowest BCUT2D eigenvalue weighted by Gasteiger charge is -2.31. The molecule has 0 aliphatic carbocycles. The molecule has 2 N–H and O–H groups in total. The number of alkyl halides is 3. The number of hydrogen-bond donors (Lipinski definition) is 1. The number of primary amides is 1. The first-order chi connectivity index (χ1) is 7.27. The highest BCUT2D eigenvalue weighted by atomic mass is 19.4. The van der Waals surface area contributed by atoms with Gasteiger partial charge in [-0.15, -0.1) is 0 Å². The topological polar surface area (TPSA) is 52.3 Å². The van der Waals surface area contributed by atoms with Gasteiger partial charge in [-0.25, -0.2) is 4.79 Å². The Morgan fingerprint density at radius 1 is 1.25 bits per heavy atom. The van der Waals surface area contributed by atoms with Crippen molar-refractivity contribution >= 4 is 6.09 Å². The maximum Gasteiger partial charge on any atom is 0.432 e. The number of halogens is 3. The molecule has 6 heteroatoms. The van der Waals surface area contributed by atoms with Gasteiger partial charge >= 0.3 is 12.3 Å². The molecule has 0 aliphatic heterocycles. The zero-order valence-electron chi connectivity index (χ0n) is 8.41. The molecule has 0 saturated heterocycles. The van der Waals surface area contributed by atoms with E-state index >= 15 is 0 Å². The van der Waals surface area contributed by atoms with Gasteiger partial charge in [0.25, 0.3) is 0 Å². The van der Waals surface area contributed by atoms with E-state index in [1.807, 2.05) is 0 Å². The van der Waals surface area contributed by atoms with Crippen LogP contribution < -0.4 is 5.73 Å².